The van der Waals surface area contributed by atoms with Crippen LogP contribution >= 0.6 is 11.6 Å². The van der Waals surface area contributed by atoms with E-state index in [-0.39, 0.29) is 13.2 Å². The first-order chi connectivity index (χ1) is 9.52. The van der Waals surface area contributed by atoms with E-state index in [0.717, 1.165) is 5.56 Å². The molecule has 0 atom stereocenters. The highest BCUT2D eigenvalue weighted by Gasteiger charge is 2.15. The number of halogens is 1. The third-order valence-corrected chi connectivity index (χ3v) is 2.53. The Bertz CT molecular complexity index is 488. The molecular formula is C13H15ClN2O4. The van der Waals surface area contributed by atoms with Crippen LogP contribution < -0.4 is 10.6 Å². The Hall–Kier alpha value is -2.08. The van der Waals surface area contributed by atoms with Gasteiger partial charge in [0.1, 0.15) is 0 Å². The van der Waals surface area contributed by atoms with E-state index >= 15 is 0 Å². The Balaban J connectivity index is 2.28. The van der Waals surface area contributed by atoms with Crippen LogP contribution in [0.3, 0.4) is 0 Å². The maximum atomic E-state index is 11.5. The lowest BCUT2D eigenvalue weighted by molar-refractivity contribution is -0.154. The van der Waals surface area contributed by atoms with Gasteiger partial charge in [0.05, 0.1) is 13.2 Å². The summed E-state index contributed by atoms with van der Waals surface area (Å²) in [4.78, 5) is 33.6. The van der Waals surface area contributed by atoms with Crippen LogP contribution in [-0.4, -0.2) is 30.9 Å². The quantitative estimate of drug-likeness (QED) is 0.617. The second kappa shape index (κ2) is 8.16. The topological polar surface area (TPSA) is 84.5 Å². The maximum absolute atomic E-state index is 11.5. The normalized spacial score (nSPS) is 9.70. The highest BCUT2D eigenvalue weighted by molar-refractivity contribution is 6.32. The highest BCUT2D eigenvalue weighted by atomic mass is 35.5. The Morgan fingerprint density at radius 3 is 2.40 bits per heavy atom. The van der Waals surface area contributed by atoms with Crippen molar-refractivity contribution in [3.63, 3.8) is 0 Å². The number of ether oxygens (including phenoxy) is 1. The van der Waals surface area contributed by atoms with Gasteiger partial charge in [-0.15, -0.1) is 0 Å². The van der Waals surface area contributed by atoms with Gasteiger partial charge in [-0.1, -0.05) is 23.7 Å². The molecule has 108 valence electrons. The molecule has 0 saturated heterocycles. The van der Waals surface area contributed by atoms with E-state index in [2.05, 4.69) is 15.4 Å². The van der Waals surface area contributed by atoms with Gasteiger partial charge in [-0.2, -0.15) is 0 Å². The average molecular weight is 299 g/mol. The van der Waals surface area contributed by atoms with Gasteiger partial charge in [0.15, 0.2) is 0 Å². The van der Waals surface area contributed by atoms with Gasteiger partial charge >= 0.3 is 11.9 Å². The van der Waals surface area contributed by atoms with Crippen LogP contribution in [0.25, 0.3) is 0 Å². The summed E-state index contributed by atoms with van der Waals surface area (Å²) < 4.78 is 4.48. The van der Waals surface area contributed by atoms with Crippen molar-refractivity contribution in [1.29, 1.82) is 0 Å². The molecule has 0 radical (unpaired) electrons. The second-order valence-corrected chi connectivity index (χ2v) is 4.24. The van der Waals surface area contributed by atoms with Crippen LogP contribution in [-0.2, 0) is 25.7 Å². The van der Waals surface area contributed by atoms with Gasteiger partial charge in [0.25, 0.3) is 0 Å². The van der Waals surface area contributed by atoms with Crippen molar-refractivity contribution in [2.24, 2.45) is 0 Å². The summed E-state index contributed by atoms with van der Waals surface area (Å²) >= 11 is 5.74. The molecule has 2 N–H and O–H groups in total. The molecule has 2 amide bonds. The minimum atomic E-state index is -1.00. The summed E-state index contributed by atoms with van der Waals surface area (Å²) in [5.41, 5.74) is 0.875. The van der Waals surface area contributed by atoms with Crippen LogP contribution in [0.4, 0.5) is 0 Å². The Morgan fingerprint density at radius 1 is 1.15 bits per heavy atom. The number of hydrogen-bond donors (Lipinski definition) is 2. The summed E-state index contributed by atoms with van der Waals surface area (Å²) in [5, 5.41) is 5.37. The number of nitrogens with one attached hydrogen (secondary N) is 2. The lowest BCUT2D eigenvalue weighted by atomic mass is 10.2. The third-order valence-electron chi connectivity index (χ3n) is 2.27. The van der Waals surface area contributed by atoms with Gasteiger partial charge in [-0.25, -0.2) is 4.79 Å². The number of hydrogen-bond acceptors (Lipinski definition) is 4. The molecule has 0 aliphatic rings. The van der Waals surface area contributed by atoms with E-state index in [0.29, 0.717) is 11.6 Å². The lowest BCUT2D eigenvalue weighted by Crippen LogP contribution is -2.40. The predicted octanol–water partition coefficient (Wildman–Crippen LogP) is 0.635. The fourth-order valence-electron chi connectivity index (χ4n) is 1.29. The van der Waals surface area contributed by atoms with E-state index in [9.17, 15) is 14.4 Å². The molecule has 6 nitrogen and oxygen atoms in total. The van der Waals surface area contributed by atoms with Crippen LogP contribution in [0, 0.1) is 0 Å². The number of rotatable bonds is 5. The molecule has 1 aromatic rings. The molecular weight excluding hydrogens is 284 g/mol. The van der Waals surface area contributed by atoms with Crippen molar-refractivity contribution in [1.82, 2.24) is 10.6 Å². The van der Waals surface area contributed by atoms with Crippen molar-refractivity contribution in [3.05, 3.63) is 34.9 Å². The molecule has 0 unspecified atom stereocenters. The summed E-state index contributed by atoms with van der Waals surface area (Å²) in [5.74, 6) is -2.34. The fraction of sp³-hybridized carbons (Fsp3) is 0.308. The summed E-state index contributed by atoms with van der Waals surface area (Å²) in [6.45, 7) is 1.72. The Kier molecular flexibility index (Phi) is 6.52. The van der Waals surface area contributed by atoms with Gasteiger partial charge in [0.2, 0.25) is 5.91 Å². The zero-order valence-corrected chi connectivity index (χ0v) is 11.7. The molecule has 0 aromatic heterocycles. The van der Waals surface area contributed by atoms with Crippen molar-refractivity contribution in [2.45, 2.75) is 13.5 Å². The zero-order valence-electron chi connectivity index (χ0n) is 10.9. The molecule has 1 aromatic carbocycles. The third kappa shape index (κ3) is 5.71. The van der Waals surface area contributed by atoms with Gasteiger partial charge in [-0.05, 0) is 24.6 Å². The van der Waals surface area contributed by atoms with Crippen LogP contribution in [0.15, 0.2) is 24.3 Å². The number of amides is 2. The Labute approximate surface area is 121 Å². The molecule has 1 rings (SSSR count). The summed E-state index contributed by atoms with van der Waals surface area (Å²) in [7, 11) is 0. The first-order valence-corrected chi connectivity index (χ1v) is 6.36. The van der Waals surface area contributed by atoms with E-state index in [1.165, 1.54) is 0 Å². The molecule has 0 fully saturated rings. The molecule has 0 heterocycles. The SMILES string of the molecule is CCOC(=O)C(=O)NCC(=O)NCc1ccc(Cl)cc1. The van der Waals surface area contributed by atoms with Gasteiger partial charge in [0, 0.05) is 11.6 Å². The standard InChI is InChI=1S/C13H15ClN2O4/c1-2-20-13(19)12(18)16-8-11(17)15-7-9-3-5-10(14)6-4-9/h3-6H,2,7-8H2,1H3,(H,15,17)(H,16,18). The maximum Gasteiger partial charge on any atom is 0.396 e. The molecule has 7 heteroatoms. The largest absolute Gasteiger partial charge is 0.459 e. The predicted molar refractivity (Wildman–Crippen MR) is 72.9 cm³/mol. The van der Waals surface area contributed by atoms with E-state index < -0.39 is 17.8 Å². The smallest absolute Gasteiger partial charge is 0.396 e. The number of benzene rings is 1. The van der Waals surface area contributed by atoms with Crippen LogP contribution in [0.2, 0.25) is 5.02 Å². The van der Waals surface area contributed by atoms with Crippen molar-refractivity contribution < 1.29 is 19.1 Å². The number of carbonyl (C=O) groups excluding carboxylic acids is 3. The minimum absolute atomic E-state index is 0.106. The first kappa shape index (κ1) is 16.0. The molecule has 0 aliphatic heterocycles. The Morgan fingerprint density at radius 2 is 1.80 bits per heavy atom. The fourth-order valence-corrected chi connectivity index (χ4v) is 1.42. The van der Waals surface area contributed by atoms with E-state index in [1.54, 1.807) is 31.2 Å². The van der Waals surface area contributed by atoms with Crippen molar-refractivity contribution in [3.8, 4) is 0 Å². The summed E-state index contributed by atoms with van der Waals surface area (Å²) in [6.07, 6.45) is 0. The highest BCUT2D eigenvalue weighted by Crippen LogP contribution is 2.08. The molecule has 0 spiro atoms. The van der Waals surface area contributed by atoms with Gasteiger partial charge in [-0.3, -0.25) is 9.59 Å². The average Bonchev–Trinajstić information content (AvgIpc) is 2.44. The van der Waals surface area contributed by atoms with Crippen molar-refractivity contribution >= 4 is 29.4 Å². The molecule has 0 bridgehead atoms. The number of carbonyl (C=O) groups is 3. The second-order valence-electron chi connectivity index (χ2n) is 3.81. The van der Waals surface area contributed by atoms with Crippen LogP contribution in [0.5, 0.6) is 0 Å². The molecule has 0 aliphatic carbocycles. The van der Waals surface area contributed by atoms with Gasteiger partial charge < -0.3 is 15.4 Å². The minimum Gasteiger partial charge on any atom is -0.459 e. The molecule has 20 heavy (non-hydrogen) atoms. The monoisotopic (exact) mass is 298 g/mol. The summed E-state index contributed by atoms with van der Waals surface area (Å²) in [6, 6.07) is 6.98. The van der Waals surface area contributed by atoms with Crippen LogP contribution in [0.1, 0.15) is 12.5 Å². The first-order valence-electron chi connectivity index (χ1n) is 5.99. The van der Waals surface area contributed by atoms with Crippen molar-refractivity contribution in [2.75, 3.05) is 13.2 Å². The van der Waals surface area contributed by atoms with E-state index in [4.69, 9.17) is 11.6 Å². The molecule has 0 saturated carbocycles. The number of esters is 1. The van der Waals surface area contributed by atoms with E-state index in [1.807, 2.05) is 0 Å². The zero-order chi connectivity index (χ0) is 15.0. The lowest BCUT2D eigenvalue weighted by Gasteiger charge is -2.06.